The summed E-state index contributed by atoms with van der Waals surface area (Å²) in [6.07, 6.45) is 1.03. The summed E-state index contributed by atoms with van der Waals surface area (Å²) in [6, 6.07) is 18.3. The number of hydrogen-bond acceptors (Lipinski definition) is 4. The second-order valence-corrected chi connectivity index (χ2v) is 6.43. The van der Waals surface area contributed by atoms with Crippen molar-refractivity contribution in [2.75, 3.05) is 5.32 Å². The summed E-state index contributed by atoms with van der Waals surface area (Å²) in [6.45, 7) is 1.94. The number of nitrogens with one attached hydrogen (secondary N) is 1. The lowest BCUT2D eigenvalue weighted by Gasteiger charge is -2.13. The molecule has 1 amide bonds. The van der Waals surface area contributed by atoms with Gasteiger partial charge in [0.2, 0.25) is 5.75 Å². The van der Waals surface area contributed by atoms with Crippen molar-refractivity contribution < 1.29 is 20.1 Å². The number of rotatable bonds is 5. The zero-order chi connectivity index (χ0) is 19.4. The molecule has 0 saturated heterocycles. The Bertz CT molecular complexity index is 950. The molecule has 0 aromatic heterocycles. The summed E-state index contributed by atoms with van der Waals surface area (Å²) in [5.41, 5.74) is 3.00. The van der Waals surface area contributed by atoms with Gasteiger partial charge in [-0.2, -0.15) is 0 Å². The fraction of sp³-hybridized carbons (Fsp3) is 0.136. The number of amides is 1. The highest BCUT2D eigenvalue weighted by Crippen LogP contribution is 2.41. The van der Waals surface area contributed by atoms with Gasteiger partial charge in [-0.25, -0.2) is 0 Å². The fourth-order valence-electron chi connectivity index (χ4n) is 2.83. The average Bonchev–Trinajstić information content (AvgIpc) is 2.68. The molecule has 5 heteroatoms. The molecule has 0 fully saturated rings. The second-order valence-electron chi connectivity index (χ2n) is 6.43. The van der Waals surface area contributed by atoms with Gasteiger partial charge >= 0.3 is 0 Å². The molecule has 0 radical (unpaired) electrons. The number of aromatic hydroxyl groups is 3. The molecule has 0 aliphatic rings. The maximum atomic E-state index is 12.5. The Morgan fingerprint density at radius 1 is 0.852 bits per heavy atom. The first-order valence-corrected chi connectivity index (χ1v) is 8.64. The van der Waals surface area contributed by atoms with E-state index in [9.17, 15) is 20.1 Å². The van der Waals surface area contributed by atoms with E-state index in [1.54, 1.807) is 12.1 Å². The number of carbonyl (C=O) groups excluding carboxylic acids is 1. The highest BCUT2D eigenvalue weighted by Gasteiger charge is 2.21. The number of carbonyl (C=O) groups is 1. The van der Waals surface area contributed by atoms with E-state index in [1.165, 1.54) is 6.07 Å². The molecule has 0 saturated carbocycles. The third-order valence-corrected chi connectivity index (χ3v) is 4.41. The number of phenolic OH excluding ortho intramolecular Hbond substituents is 3. The van der Waals surface area contributed by atoms with Crippen LogP contribution in [-0.2, 0) is 12.8 Å². The van der Waals surface area contributed by atoms with Crippen molar-refractivity contribution in [1.29, 1.82) is 0 Å². The maximum Gasteiger partial charge on any atom is 0.259 e. The summed E-state index contributed by atoms with van der Waals surface area (Å²) in [5.74, 6) is -2.29. The maximum absolute atomic E-state index is 12.5. The average molecular weight is 363 g/mol. The molecule has 0 bridgehead atoms. The number of hydrogen-bond donors (Lipinski definition) is 4. The van der Waals surface area contributed by atoms with Gasteiger partial charge in [0.1, 0.15) is 0 Å². The van der Waals surface area contributed by atoms with Crippen molar-refractivity contribution in [2.24, 2.45) is 0 Å². The van der Waals surface area contributed by atoms with Gasteiger partial charge in [-0.1, -0.05) is 48.0 Å². The first kappa shape index (κ1) is 18.3. The Hall–Kier alpha value is -3.47. The molecule has 0 heterocycles. The minimum absolute atomic E-state index is 0.0889. The lowest BCUT2D eigenvalue weighted by atomic mass is 10.00. The number of aryl methyl sites for hydroxylation is 3. The van der Waals surface area contributed by atoms with E-state index in [1.807, 2.05) is 49.4 Å². The van der Waals surface area contributed by atoms with Crippen LogP contribution in [0.15, 0.2) is 60.7 Å². The van der Waals surface area contributed by atoms with Crippen molar-refractivity contribution in [3.63, 3.8) is 0 Å². The summed E-state index contributed by atoms with van der Waals surface area (Å²) in [5, 5.41) is 33.0. The zero-order valence-corrected chi connectivity index (χ0v) is 14.9. The van der Waals surface area contributed by atoms with Crippen LogP contribution in [0.5, 0.6) is 17.2 Å². The molecular weight excluding hydrogens is 342 g/mol. The Labute approximate surface area is 157 Å². The van der Waals surface area contributed by atoms with E-state index in [0.29, 0.717) is 24.1 Å². The van der Waals surface area contributed by atoms with Crippen molar-refractivity contribution in [3.8, 4) is 17.2 Å². The fourth-order valence-corrected chi connectivity index (χ4v) is 2.83. The van der Waals surface area contributed by atoms with Crippen LogP contribution in [0.2, 0.25) is 0 Å². The first-order valence-electron chi connectivity index (χ1n) is 8.64. The lowest BCUT2D eigenvalue weighted by molar-refractivity contribution is 0.102. The normalized spacial score (nSPS) is 10.6. The molecule has 0 spiro atoms. The van der Waals surface area contributed by atoms with Crippen LogP contribution in [0.3, 0.4) is 0 Å². The van der Waals surface area contributed by atoms with Crippen molar-refractivity contribution in [2.45, 2.75) is 19.8 Å². The van der Waals surface area contributed by atoms with Gasteiger partial charge in [0.25, 0.3) is 5.91 Å². The zero-order valence-electron chi connectivity index (χ0n) is 14.9. The number of benzene rings is 3. The van der Waals surface area contributed by atoms with Crippen LogP contribution in [0.4, 0.5) is 5.69 Å². The van der Waals surface area contributed by atoms with E-state index in [4.69, 9.17) is 0 Å². The molecule has 5 nitrogen and oxygen atoms in total. The van der Waals surface area contributed by atoms with E-state index in [0.717, 1.165) is 11.1 Å². The van der Waals surface area contributed by atoms with Gasteiger partial charge in [0.15, 0.2) is 11.5 Å². The van der Waals surface area contributed by atoms with Crippen molar-refractivity contribution >= 4 is 11.6 Å². The van der Waals surface area contributed by atoms with Crippen LogP contribution < -0.4 is 5.32 Å². The largest absolute Gasteiger partial charge is 0.504 e. The quantitative estimate of drug-likeness (QED) is 0.513. The molecule has 3 aromatic carbocycles. The van der Waals surface area contributed by atoms with E-state index < -0.39 is 23.2 Å². The van der Waals surface area contributed by atoms with E-state index in [-0.39, 0.29) is 5.56 Å². The molecular formula is C22H21NO4. The van der Waals surface area contributed by atoms with Crippen LogP contribution in [0.25, 0.3) is 0 Å². The Kier molecular flexibility index (Phi) is 5.31. The number of anilines is 1. The van der Waals surface area contributed by atoms with Gasteiger partial charge in [-0.3, -0.25) is 4.79 Å². The Morgan fingerprint density at radius 3 is 2.19 bits per heavy atom. The second kappa shape index (κ2) is 7.83. The third kappa shape index (κ3) is 4.20. The molecule has 4 N–H and O–H groups in total. The third-order valence-electron chi connectivity index (χ3n) is 4.41. The van der Waals surface area contributed by atoms with Crippen LogP contribution in [-0.4, -0.2) is 21.2 Å². The molecule has 0 aliphatic carbocycles. The smallest absolute Gasteiger partial charge is 0.259 e. The van der Waals surface area contributed by atoms with Crippen LogP contribution >= 0.6 is 0 Å². The summed E-state index contributed by atoms with van der Waals surface area (Å²) >= 11 is 0. The molecule has 3 rings (SSSR count). The van der Waals surface area contributed by atoms with Gasteiger partial charge in [0.05, 0.1) is 5.56 Å². The van der Waals surface area contributed by atoms with Crippen molar-refractivity contribution in [3.05, 3.63) is 82.9 Å². The summed E-state index contributed by atoms with van der Waals surface area (Å²) in [4.78, 5) is 12.5. The topological polar surface area (TPSA) is 89.8 Å². The molecule has 0 unspecified atom stereocenters. The minimum atomic E-state index is -0.686. The first-order chi connectivity index (χ1) is 13.0. The van der Waals surface area contributed by atoms with Gasteiger partial charge < -0.3 is 20.6 Å². The van der Waals surface area contributed by atoms with E-state index >= 15 is 0 Å². The highest BCUT2D eigenvalue weighted by molar-refractivity contribution is 6.07. The predicted octanol–water partition coefficient (Wildman–Crippen LogP) is 4.15. The van der Waals surface area contributed by atoms with Crippen LogP contribution in [0.1, 0.15) is 27.0 Å². The molecule has 3 aromatic rings. The highest BCUT2D eigenvalue weighted by atomic mass is 16.3. The molecule has 27 heavy (non-hydrogen) atoms. The Morgan fingerprint density at radius 2 is 1.52 bits per heavy atom. The standard InChI is InChI=1S/C22H21NO4/c1-14-7-11-17(12-8-14)23-22(27)18-13-16(19(24)21(26)20(18)25)10-9-15-5-3-2-4-6-15/h2-8,11-13,24-26H,9-10H2,1H3,(H,23,27). The molecule has 138 valence electrons. The lowest BCUT2D eigenvalue weighted by Crippen LogP contribution is -2.13. The predicted molar refractivity (Wildman–Crippen MR) is 104 cm³/mol. The van der Waals surface area contributed by atoms with Crippen molar-refractivity contribution in [1.82, 2.24) is 0 Å². The molecule has 0 atom stereocenters. The SMILES string of the molecule is Cc1ccc(NC(=O)c2cc(CCc3ccccc3)c(O)c(O)c2O)cc1. The molecule has 0 aliphatic heterocycles. The van der Waals surface area contributed by atoms with Gasteiger partial charge in [-0.15, -0.1) is 0 Å². The monoisotopic (exact) mass is 363 g/mol. The van der Waals surface area contributed by atoms with Gasteiger partial charge in [-0.05, 0) is 49.1 Å². The number of phenols is 3. The minimum Gasteiger partial charge on any atom is -0.504 e. The summed E-state index contributed by atoms with van der Waals surface area (Å²) < 4.78 is 0. The van der Waals surface area contributed by atoms with E-state index in [2.05, 4.69) is 5.32 Å². The van der Waals surface area contributed by atoms with Crippen LogP contribution in [0, 0.1) is 6.92 Å². The summed E-state index contributed by atoms with van der Waals surface area (Å²) in [7, 11) is 0. The van der Waals surface area contributed by atoms with Gasteiger partial charge in [0, 0.05) is 5.69 Å². The Balaban J connectivity index is 1.85.